The van der Waals surface area contributed by atoms with Crippen LogP contribution in [0.2, 0.25) is 0 Å². The van der Waals surface area contributed by atoms with Crippen molar-refractivity contribution in [1.29, 1.82) is 0 Å². The summed E-state index contributed by atoms with van der Waals surface area (Å²) < 4.78 is 6.95. The van der Waals surface area contributed by atoms with Crippen LogP contribution in [0.4, 0.5) is 5.69 Å². The molecule has 7 heteroatoms. The smallest absolute Gasteiger partial charge is 0.259 e. The molecule has 0 spiro atoms. The predicted octanol–water partition coefficient (Wildman–Crippen LogP) is 2.43. The molecular formula is C15H15N5O2. The zero-order chi connectivity index (χ0) is 15.7. The van der Waals surface area contributed by atoms with E-state index in [0.717, 1.165) is 11.3 Å². The van der Waals surface area contributed by atoms with Gasteiger partial charge in [0.1, 0.15) is 17.8 Å². The normalized spacial score (nSPS) is 10.7. The topological polar surface area (TPSA) is 85.8 Å². The van der Waals surface area contributed by atoms with Gasteiger partial charge in [0.05, 0.1) is 11.3 Å². The third-order valence-corrected chi connectivity index (χ3v) is 3.34. The summed E-state index contributed by atoms with van der Waals surface area (Å²) >= 11 is 0. The second kappa shape index (κ2) is 5.44. The molecule has 0 radical (unpaired) electrons. The molecule has 0 fully saturated rings. The molecule has 1 aromatic carbocycles. The Morgan fingerprint density at radius 1 is 1.23 bits per heavy atom. The van der Waals surface area contributed by atoms with Crippen molar-refractivity contribution in [1.82, 2.24) is 20.2 Å². The molecule has 1 amide bonds. The SMILES string of the molecule is Cc1cc(C(=O)Nc2ccc(-n3cnnn3)c(C)c2)c(C)o1. The third-order valence-electron chi connectivity index (χ3n) is 3.34. The van der Waals surface area contributed by atoms with Crippen molar-refractivity contribution in [2.24, 2.45) is 0 Å². The summed E-state index contributed by atoms with van der Waals surface area (Å²) in [6, 6.07) is 7.27. The molecule has 0 unspecified atom stereocenters. The fourth-order valence-electron chi connectivity index (χ4n) is 2.32. The second-order valence-corrected chi connectivity index (χ2v) is 5.04. The van der Waals surface area contributed by atoms with Crippen molar-refractivity contribution in [3.63, 3.8) is 0 Å². The van der Waals surface area contributed by atoms with Crippen molar-refractivity contribution < 1.29 is 9.21 Å². The van der Waals surface area contributed by atoms with Crippen LogP contribution >= 0.6 is 0 Å². The van der Waals surface area contributed by atoms with Gasteiger partial charge in [0, 0.05) is 5.69 Å². The standard InChI is InChI=1S/C15H15N5O2/c1-9-6-12(4-5-14(9)20-8-16-18-19-20)17-15(21)13-7-10(2)22-11(13)3/h4-8H,1-3H3,(H,17,21). The van der Waals surface area contributed by atoms with Crippen LogP contribution in [0.1, 0.15) is 27.4 Å². The molecular weight excluding hydrogens is 282 g/mol. The highest BCUT2D eigenvalue weighted by Crippen LogP contribution is 2.20. The van der Waals surface area contributed by atoms with Gasteiger partial charge in [-0.1, -0.05) is 0 Å². The summed E-state index contributed by atoms with van der Waals surface area (Å²) in [5.74, 6) is 1.13. The van der Waals surface area contributed by atoms with Gasteiger partial charge in [-0.2, -0.15) is 0 Å². The number of tetrazole rings is 1. The maximum absolute atomic E-state index is 12.3. The van der Waals surface area contributed by atoms with Gasteiger partial charge in [-0.05, 0) is 61.0 Å². The zero-order valence-electron chi connectivity index (χ0n) is 12.5. The predicted molar refractivity (Wildman–Crippen MR) is 80.0 cm³/mol. The van der Waals surface area contributed by atoms with Crippen LogP contribution in [-0.2, 0) is 0 Å². The fraction of sp³-hybridized carbons (Fsp3) is 0.200. The number of carbonyl (C=O) groups excluding carboxylic acids is 1. The molecule has 2 heterocycles. The number of anilines is 1. The monoisotopic (exact) mass is 297 g/mol. The first-order chi connectivity index (χ1) is 10.5. The van der Waals surface area contributed by atoms with Gasteiger partial charge < -0.3 is 9.73 Å². The highest BCUT2D eigenvalue weighted by molar-refractivity contribution is 6.05. The highest BCUT2D eigenvalue weighted by atomic mass is 16.3. The quantitative estimate of drug-likeness (QED) is 0.802. The fourth-order valence-corrected chi connectivity index (χ4v) is 2.32. The summed E-state index contributed by atoms with van der Waals surface area (Å²) in [5.41, 5.74) is 3.06. The molecule has 3 rings (SSSR count). The summed E-state index contributed by atoms with van der Waals surface area (Å²) in [6.45, 7) is 5.52. The van der Waals surface area contributed by atoms with Gasteiger partial charge in [-0.15, -0.1) is 5.10 Å². The number of amides is 1. The number of aryl methyl sites for hydroxylation is 3. The van der Waals surface area contributed by atoms with Crippen LogP contribution in [0, 0.1) is 20.8 Å². The molecule has 22 heavy (non-hydrogen) atoms. The maximum atomic E-state index is 12.3. The van der Waals surface area contributed by atoms with Crippen molar-refractivity contribution in [2.75, 3.05) is 5.32 Å². The van der Waals surface area contributed by atoms with E-state index in [0.29, 0.717) is 22.8 Å². The molecule has 112 valence electrons. The Morgan fingerprint density at radius 2 is 2.05 bits per heavy atom. The first-order valence-corrected chi connectivity index (χ1v) is 6.77. The van der Waals surface area contributed by atoms with Gasteiger partial charge in [0.25, 0.3) is 5.91 Å². The molecule has 0 atom stereocenters. The Kier molecular flexibility index (Phi) is 3.46. The molecule has 0 aliphatic rings. The average molecular weight is 297 g/mol. The zero-order valence-corrected chi connectivity index (χ0v) is 12.5. The third kappa shape index (κ3) is 2.60. The Morgan fingerprint density at radius 3 is 2.64 bits per heavy atom. The van der Waals surface area contributed by atoms with Crippen LogP contribution in [0.5, 0.6) is 0 Å². The van der Waals surface area contributed by atoms with Crippen molar-refractivity contribution >= 4 is 11.6 Å². The van der Waals surface area contributed by atoms with E-state index in [-0.39, 0.29) is 5.91 Å². The van der Waals surface area contributed by atoms with E-state index >= 15 is 0 Å². The number of nitrogens with one attached hydrogen (secondary N) is 1. The van der Waals surface area contributed by atoms with Gasteiger partial charge >= 0.3 is 0 Å². The lowest BCUT2D eigenvalue weighted by Crippen LogP contribution is -2.12. The molecule has 0 saturated heterocycles. The van der Waals surface area contributed by atoms with E-state index in [9.17, 15) is 4.79 Å². The number of hydrogen-bond acceptors (Lipinski definition) is 5. The lowest BCUT2D eigenvalue weighted by molar-refractivity contribution is 0.102. The number of aromatic nitrogens is 4. The first-order valence-electron chi connectivity index (χ1n) is 6.77. The minimum Gasteiger partial charge on any atom is -0.466 e. The maximum Gasteiger partial charge on any atom is 0.259 e. The minimum absolute atomic E-state index is 0.191. The average Bonchev–Trinajstić information content (AvgIpc) is 3.08. The lowest BCUT2D eigenvalue weighted by Gasteiger charge is -2.09. The van der Waals surface area contributed by atoms with Gasteiger partial charge in [-0.25, -0.2) is 4.68 Å². The Balaban J connectivity index is 1.83. The van der Waals surface area contributed by atoms with E-state index in [2.05, 4.69) is 20.8 Å². The number of nitrogens with zero attached hydrogens (tertiary/aromatic N) is 4. The van der Waals surface area contributed by atoms with E-state index in [4.69, 9.17) is 4.42 Å². The Labute approximate surface area is 126 Å². The van der Waals surface area contributed by atoms with Crippen LogP contribution in [0.3, 0.4) is 0 Å². The van der Waals surface area contributed by atoms with Crippen molar-refractivity contribution in [3.8, 4) is 5.69 Å². The molecule has 3 aromatic rings. The van der Waals surface area contributed by atoms with Crippen LogP contribution in [0.15, 0.2) is 35.0 Å². The summed E-state index contributed by atoms with van der Waals surface area (Å²) in [6.07, 6.45) is 1.53. The Hall–Kier alpha value is -2.96. The van der Waals surface area contributed by atoms with E-state index in [1.807, 2.05) is 32.0 Å². The number of benzene rings is 1. The molecule has 7 nitrogen and oxygen atoms in total. The number of rotatable bonds is 3. The van der Waals surface area contributed by atoms with Gasteiger partial charge in [0.15, 0.2) is 0 Å². The van der Waals surface area contributed by atoms with Crippen molar-refractivity contribution in [3.05, 3.63) is 53.2 Å². The van der Waals surface area contributed by atoms with Gasteiger partial charge in [0.2, 0.25) is 0 Å². The summed E-state index contributed by atoms with van der Waals surface area (Å²) in [4.78, 5) is 12.3. The molecule has 0 aliphatic heterocycles. The summed E-state index contributed by atoms with van der Waals surface area (Å²) in [5, 5.41) is 14.0. The number of hydrogen-bond donors (Lipinski definition) is 1. The molecule has 2 aromatic heterocycles. The number of carbonyl (C=O) groups is 1. The van der Waals surface area contributed by atoms with Crippen LogP contribution < -0.4 is 5.32 Å². The Bertz CT molecular complexity index is 821. The van der Waals surface area contributed by atoms with E-state index in [1.165, 1.54) is 6.33 Å². The number of furan rings is 1. The van der Waals surface area contributed by atoms with Crippen LogP contribution in [-0.4, -0.2) is 26.1 Å². The van der Waals surface area contributed by atoms with E-state index < -0.39 is 0 Å². The van der Waals surface area contributed by atoms with Gasteiger partial charge in [-0.3, -0.25) is 4.79 Å². The molecule has 0 aliphatic carbocycles. The summed E-state index contributed by atoms with van der Waals surface area (Å²) in [7, 11) is 0. The largest absolute Gasteiger partial charge is 0.466 e. The van der Waals surface area contributed by atoms with E-state index in [1.54, 1.807) is 17.7 Å². The highest BCUT2D eigenvalue weighted by Gasteiger charge is 2.14. The second-order valence-electron chi connectivity index (χ2n) is 5.04. The van der Waals surface area contributed by atoms with Crippen molar-refractivity contribution in [2.45, 2.75) is 20.8 Å². The molecule has 0 bridgehead atoms. The van der Waals surface area contributed by atoms with Crippen LogP contribution in [0.25, 0.3) is 5.69 Å². The lowest BCUT2D eigenvalue weighted by atomic mass is 10.1. The minimum atomic E-state index is -0.191. The molecule has 0 saturated carbocycles. The first kappa shape index (κ1) is 14.0. The molecule has 1 N–H and O–H groups in total.